The predicted octanol–water partition coefficient (Wildman–Crippen LogP) is 3.68. The molecule has 10 heteroatoms. The molecule has 0 aliphatic heterocycles. The smallest absolute Gasteiger partial charge is 0.238 e. The summed E-state index contributed by atoms with van der Waals surface area (Å²) < 4.78 is 26.6. The molecule has 3 N–H and O–H groups in total. The van der Waals surface area contributed by atoms with Crippen molar-refractivity contribution in [2.45, 2.75) is 32.9 Å². The van der Waals surface area contributed by atoms with Gasteiger partial charge in [0, 0.05) is 16.8 Å². The highest BCUT2D eigenvalue weighted by molar-refractivity contribution is 7.93. The van der Waals surface area contributed by atoms with Gasteiger partial charge in [0.25, 0.3) is 0 Å². The second-order valence-corrected chi connectivity index (χ2v) is 9.75. The third-order valence-corrected chi connectivity index (χ3v) is 6.64. The lowest BCUT2D eigenvalue weighted by molar-refractivity contribution is 0.101. The SMILES string of the molecule is CC(=O)c1c(C)[nH]c(-c2nc3nc(NS(=O)(=O)C(C)C)ncc3[nH]2)c1-c1ccccc1. The van der Waals surface area contributed by atoms with Crippen molar-refractivity contribution in [3.8, 4) is 22.6 Å². The number of imidazole rings is 1. The summed E-state index contributed by atoms with van der Waals surface area (Å²) in [6.07, 6.45) is 1.47. The monoisotopic (exact) mass is 438 g/mol. The molecule has 3 aromatic heterocycles. The van der Waals surface area contributed by atoms with Crippen molar-refractivity contribution >= 4 is 32.9 Å². The molecule has 4 aromatic rings. The van der Waals surface area contributed by atoms with Crippen LogP contribution in [0.15, 0.2) is 36.5 Å². The molecule has 0 radical (unpaired) electrons. The number of hydrogen-bond donors (Lipinski definition) is 3. The zero-order valence-electron chi connectivity index (χ0n) is 17.5. The lowest BCUT2D eigenvalue weighted by Crippen LogP contribution is -2.23. The zero-order valence-corrected chi connectivity index (χ0v) is 18.3. The Labute approximate surface area is 179 Å². The number of aryl methyl sites for hydroxylation is 1. The first-order valence-corrected chi connectivity index (χ1v) is 11.3. The Hall–Kier alpha value is -3.53. The molecule has 160 valence electrons. The largest absolute Gasteiger partial charge is 0.355 e. The third kappa shape index (κ3) is 3.81. The summed E-state index contributed by atoms with van der Waals surface area (Å²) >= 11 is 0. The molecule has 0 atom stereocenters. The minimum atomic E-state index is -3.58. The molecule has 9 nitrogen and oxygen atoms in total. The van der Waals surface area contributed by atoms with E-state index in [2.05, 4.69) is 29.6 Å². The molecule has 31 heavy (non-hydrogen) atoms. The number of anilines is 1. The number of H-pyrrole nitrogens is 2. The van der Waals surface area contributed by atoms with Crippen LogP contribution < -0.4 is 4.72 Å². The second-order valence-electron chi connectivity index (χ2n) is 7.51. The van der Waals surface area contributed by atoms with Crippen LogP contribution in [0.25, 0.3) is 33.8 Å². The highest BCUT2D eigenvalue weighted by atomic mass is 32.2. The summed E-state index contributed by atoms with van der Waals surface area (Å²) in [7, 11) is -3.58. The van der Waals surface area contributed by atoms with Crippen molar-refractivity contribution < 1.29 is 13.2 Å². The van der Waals surface area contributed by atoms with Crippen LogP contribution in [0.1, 0.15) is 36.8 Å². The van der Waals surface area contributed by atoms with E-state index < -0.39 is 15.3 Å². The van der Waals surface area contributed by atoms with Gasteiger partial charge in [-0.15, -0.1) is 0 Å². The number of nitrogens with one attached hydrogen (secondary N) is 3. The van der Waals surface area contributed by atoms with Crippen LogP contribution >= 0.6 is 0 Å². The highest BCUT2D eigenvalue weighted by Crippen LogP contribution is 2.36. The first-order valence-electron chi connectivity index (χ1n) is 9.71. The number of rotatable bonds is 6. The summed E-state index contributed by atoms with van der Waals surface area (Å²) in [6.45, 7) is 6.51. The fraction of sp³-hybridized carbons (Fsp3) is 0.238. The normalized spacial score (nSPS) is 11.9. The topological polar surface area (TPSA) is 133 Å². The third-order valence-electron chi connectivity index (χ3n) is 4.93. The number of Topliss-reactive ketones (excluding diaryl/α,β-unsaturated/α-hetero) is 1. The molecular weight excluding hydrogens is 416 g/mol. The number of carbonyl (C=O) groups excluding carboxylic acids is 1. The summed E-state index contributed by atoms with van der Waals surface area (Å²) in [5, 5.41) is -0.623. The first kappa shape index (κ1) is 20.7. The average Bonchev–Trinajstić information content (AvgIpc) is 3.28. The summed E-state index contributed by atoms with van der Waals surface area (Å²) in [6, 6.07) is 9.58. The van der Waals surface area contributed by atoms with Gasteiger partial charge in [0.15, 0.2) is 17.3 Å². The van der Waals surface area contributed by atoms with Crippen LogP contribution in [0.3, 0.4) is 0 Å². The van der Waals surface area contributed by atoms with Crippen LogP contribution in [-0.4, -0.2) is 44.4 Å². The van der Waals surface area contributed by atoms with E-state index in [-0.39, 0.29) is 11.7 Å². The number of hydrogen-bond acceptors (Lipinski definition) is 6. The van der Waals surface area contributed by atoms with E-state index in [1.54, 1.807) is 13.8 Å². The molecule has 4 rings (SSSR count). The fourth-order valence-corrected chi connectivity index (χ4v) is 3.95. The minimum absolute atomic E-state index is 0.0466. The molecule has 0 spiro atoms. The Morgan fingerprint density at radius 2 is 1.81 bits per heavy atom. The molecular formula is C21H22N6O3S. The maximum Gasteiger partial charge on any atom is 0.238 e. The van der Waals surface area contributed by atoms with Crippen LogP contribution in [0.2, 0.25) is 0 Å². The predicted molar refractivity (Wildman–Crippen MR) is 119 cm³/mol. The standard InChI is InChI=1S/C21H22N6O3S/c1-11(2)31(29,30)27-21-22-10-15-19(26-21)25-20(24-15)18-17(14-8-6-5-7-9-14)16(13(4)28)12(3)23-18/h5-11,23H,1-4H3,(H2,22,24,25,26,27). The Balaban J connectivity index is 1.84. The second kappa shape index (κ2) is 7.62. The van der Waals surface area contributed by atoms with Crippen molar-refractivity contribution in [1.82, 2.24) is 24.9 Å². The number of aromatic amines is 2. The van der Waals surface area contributed by atoms with Crippen molar-refractivity contribution in [3.63, 3.8) is 0 Å². The van der Waals surface area contributed by atoms with Gasteiger partial charge in [-0.25, -0.2) is 18.4 Å². The van der Waals surface area contributed by atoms with Crippen LogP contribution in [0, 0.1) is 6.92 Å². The van der Waals surface area contributed by atoms with Crippen molar-refractivity contribution in [1.29, 1.82) is 0 Å². The van der Waals surface area contributed by atoms with Crippen LogP contribution in [0.4, 0.5) is 5.95 Å². The van der Waals surface area contributed by atoms with E-state index in [0.717, 1.165) is 16.8 Å². The number of nitrogens with zero attached hydrogens (tertiary/aromatic N) is 3. The molecule has 0 aliphatic rings. The Bertz CT molecular complexity index is 1390. The van der Waals surface area contributed by atoms with Gasteiger partial charge in [0.2, 0.25) is 16.0 Å². The lowest BCUT2D eigenvalue weighted by atomic mass is 9.98. The quantitative estimate of drug-likeness (QED) is 0.393. The van der Waals surface area contributed by atoms with E-state index in [9.17, 15) is 13.2 Å². The Kier molecular flexibility index (Phi) is 5.10. The van der Waals surface area contributed by atoms with Gasteiger partial charge >= 0.3 is 0 Å². The highest BCUT2D eigenvalue weighted by Gasteiger charge is 2.23. The molecule has 0 bridgehead atoms. The average molecular weight is 439 g/mol. The lowest BCUT2D eigenvalue weighted by Gasteiger charge is -2.08. The van der Waals surface area contributed by atoms with Gasteiger partial charge in [-0.2, -0.15) is 4.98 Å². The summed E-state index contributed by atoms with van der Waals surface area (Å²) in [4.78, 5) is 31.6. The zero-order chi connectivity index (χ0) is 22.3. The van der Waals surface area contributed by atoms with E-state index >= 15 is 0 Å². The minimum Gasteiger partial charge on any atom is -0.355 e. The van der Waals surface area contributed by atoms with Crippen LogP contribution in [-0.2, 0) is 10.0 Å². The van der Waals surface area contributed by atoms with Crippen LogP contribution in [0.5, 0.6) is 0 Å². The molecule has 0 amide bonds. The van der Waals surface area contributed by atoms with E-state index in [1.807, 2.05) is 37.3 Å². The number of ketones is 1. The molecule has 0 fully saturated rings. The first-order chi connectivity index (χ1) is 14.7. The molecule has 0 saturated carbocycles. The van der Waals surface area contributed by atoms with Crippen molar-refractivity contribution in [2.75, 3.05) is 4.72 Å². The summed E-state index contributed by atoms with van der Waals surface area (Å²) in [5.41, 5.74) is 4.45. The van der Waals surface area contributed by atoms with Gasteiger partial charge in [0.05, 0.1) is 17.1 Å². The van der Waals surface area contributed by atoms with E-state index in [0.29, 0.717) is 28.2 Å². The number of carbonyl (C=O) groups is 1. The molecule has 0 saturated heterocycles. The van der Waals surface area contributed by atoms with Gasteiger partial charge in [-0.3, -0.25) is 9.52 Å². The van der Waals surface area contributed by atoms with E-state index in [4.69, 9.17) is 0 Å². The Morgan fingerprint density at radius 1 is 1.10 bits per heavy atom. The number of fused-ring (bicyclic) bond motifs is 1. The maximum absolute atomic E-state index is 12.4. The van der Waals surface area contributed by atoms with Crippen molar-refractivity contribution in [3.05, 3.63) is 47.8 Å². The molecule has 3 heterocycles. The molecule has 1 aromatic carbocycles. The van der Waals surface area contributed by atoms with E-state index in [1.165, 1.54) is 13.1 Å². The number of benzene rings is 1. The van der Waals surface area contributed by atoms with Crippen molar-refractivity contribution in [2.24, 2.45) is 0 Å². The molecule has 0 aliphatic carbocycles. The fourth-order valence-electron chi connectivity index (χ4n) is 3.36. The van der Waals surface area contributed by atoms with Gasteiger partial charge in [0.1, 0.15) is 5.52 Å². The van der Waals surface area contributed by atoms with Gasteiger partial charge < -0.3 is 9.97 Å². The molecule has 0 unspecified atom stereocenters. The summed E-state index contributed by atoms with van der Waals surface area (Å²) in [5.74, 6) is 0.373. The number of aromatic nitrogens is 5. The number of sulfonamides is 1. The maximum atomic E-state index is 12.4. The van der Waals surface area contributed by atoms with Gasteiger partial charge in [-0.1, -0.05) is 30.3 Å². The van der Waals surface area contributed by atoms with Gasteiger partial charge in [-0.05, 0) is 33.3 Å². The Morgan fingerprint density at radius 3 is 2.45 bits per heavy atom.